The molecule has 0 unspecified atom stereocenters. The number of anilines is 1. The normalized spacial score (nSPS) is 26.7. The number of pyridine rings is 1. The molecule has 3 aliphatic rings. The van der Waals surface area contributed by atoms with Crippen molar-refractivity contribution in [2.45, 2.75) is 31.9 Å². The van der Waals surface area contributed by atoms with Crippen molar-refractivity contribution in [3.05, 3.63) is 23.9 Å². The van der Waals surface area contributed by atoms with Crippen molar-refractivity contribution in [3.63, 3.8) is 0 Å². The van der Waals surface area contributed by atoms with Crippen LogP contribution in [0.5, 0.6) is 0 Å². The molecule has 0 radical (unpaired) electrons. The van der Waals surface area contributed by atoms with Gasteiger partial charge in [0.25, 0.3) is 0 Å². The van der Waals surface area contributed by atoms with E-state index in [0.717, 1.165) is 37.9 Å². The Labute approximate surface area is 161 Å². The highest BCUT2D eigenvalue weighted by Crippen LogP contribution is 2.38. The van der Waals surface area contributed by atoms with Gasteiger partial charge in [0.15, 0.2) is 0 Å². The van der Waals surface area contributed by atoms with E-state index in [1.807, 2.05) is 9.80 Å². The summed E-state index contributed by atoms with van der Waals surface area (Å²) in [6.45, 7) is 2.71. The average molecular weight is 396 g/mol. The molecule has 0 bridgehead atoms. The average Bonchev–Trinajstić information content (AvgIpc) is 2.93. The van der Waals surface area contributed by atoms with Crippen LogP contribution in [0.15, 0.2) is 18.3 Å². The molecule has 2 amide bonds. The van der Waals surface area contributed by atoms with Crippen molar-refractivity contribution in [2.75, 3.05) is 37.7 Å². The molecule has 152 valence electrons. The van der Waals surface area contributed by atoms with Crippen molar-refractivity contribution in [1.29, 1.82) is 0 Å². The Morgan fingerprint density at radius 3 is 2.07 bits per heavy atom. The summed E-state index contributed by atoms with van der Waals surface area (Å²) in [6, 6.07) is 2.43. The number of carbonyl (C=O) groups is 2. The van der Waals surface area contributed by atoms with Crippen LogP contribution in [0.2, 0.25) is 0 Å². The van der Waals surface area contributed by atoms with Crippen LogP contribution in [0, 0.1) is 11.8 Å². The predicted molar refractivity (Wildman–Crippen MR) is 95.2 cm³/mol. The predicted octanol–water partition coefficient (Wildman–Crippen LogP) is 2.36. The van der Waals surface area contributed by atoms with Crippen LogP contribution in [-0.4, -0.2) is 59.4 Å². The largest absolute Gasteiger partial charge is 0.417 e. The zero-order valence-electron chi connectivity index (χ0n) is 15.5. The molecule has 6 nitrogen and oxygen atoms in total. The van der Waals surface area contributed by atoms with Gasteiger partial charge in [0, 0.05) is 32.4 Å². The molecule has 2 saturated heterocycles. The fourth-order valence-corrected chi connectivity index (χ4v) is 4.43. The van der Waals surface area contributed by atoms with Gasteiger partial charge in [0.05, 0.1) is 24.1 Å². The van der Waals surface area contributed by atoms with Gasteiger partial charge in [0.1, 0.15) is 5.82 Å². The van der Waals surface area contributed by atoms with Gasteiger partial charge in [-0.25, -0.2) is 4.98 Å². The lowest BCUT2D eigenvalue weighted by Gasteiger charge is -2.36. The molecule has 3 heterocycles. The number of piperazine rings is 1. The molecule has 2 aliphatic heterocycles. The van der Waals surface area contributed by atoms with Gasteiger partial charge in [-0.2, -0.15) is 13.2 Å². The van der Waals surface area contributed by atoms with E-state index >= 15 is 0 Å². The van der Waals surface area contributed by atoms with Crippen LogP contribution in [0.3, 0.4) is 0 Å². The fourth-order valence-electron chi connectivity index (χ4n) is 4.43. The molecular formula is C19H23F3N4O2. The molecular weight excluding hydrogens is 373 g/mol. The lowest BCUT2D eigenvalue weighted by molar-refractivity contribution is -0.142. The highest BCUT2D eigenvalue weighted by molar-refractivity contribution is 6.05. The van der Waals surface area contributed by atoms with Gasteiger partial charge in [-0.15, -0.1) is 0 Å². The minimum Gasteiger partial charge on any atom is -0.354 e. The molecule has 1 saturated carbocycles. The number of hydrogen-bond acceptors (Lipinski definition) is 5. The third kappa shape index (κ3) is 3.59. The summed E-state index contributed by atoms with van der Waals surface area (Å²) in [6.07, 6.45) is 0.0824. The Morgan fingerprint density at radius 1 is 0.964 bits per heavy atom. The Bertz CT molecular complexity index is 721. The second kappa shape index (κ2) is 7.35. The minimum atomic E-state index is -4.39. The summed E-state index contributed by atoms with van der Waals surface area (Å²) in [5, 5.41) is 0. The standard InChI is InChI=1S/C19H23F3N4O2/c20-19(21,22)13-5-6-16(23-11-13)25-9-7-24(8-10-25)12-26-17(27)14-3-1-2-4-15(14)18(26)28/h5-6,11,14-15H,1-4,7-10,12H2/t14-,15+. The number of imide groups is 1. The maximum absolute atomic E-state index is 12.7. The van der Waals surface area contributed by atoms with Gasteiger partial charge in [-0.3, -0.25) is 19.4 Å². The van der Waals surface area contributed by atoms with Crippen molar-refractivity contribution < 1.29 is 22.8 Å². The molecule has 2 atom stereocenters. The van der Waals surface area contributed by atoms with E-state index in [2.05, 4.69) is 4.98 Å². The summed E-state index contributed by atoms with van der Waals surface area (Å²) in [4.78, 5) is 34.5. The lowest BCUT2D eigenvalue weighted by Crippen LogP contribution is -2.51. The van der Waals surface area contributed by atoms with Gasteiger partial charge in [-0.1, -0.05) is 12.8 Å². The number of hydrogen-bond donors (Lipinski definition) is 0. The Kier molecular flexibility index (Phi) is 5.03. The lowest BCUT2D eigenvalue weighted by atomic mass is 9.81. The summed E-state index contributed by atoms with van der Waals surface area (Å²) in [5.74, 6) is 0.146. The van der Waals surface area contributed by atoms with Gasteiger partial charge in [0.2, 0.25) is 11.8 Å². The topological polar surface area (TPSA) is 56.8 Å². The highest BCUT2D eigenvalue weighted by atomic mass is 19.4. The zero-order valence-corrected chi connectivity index (χ0v) is 15.5. The van der Waals surface area contributed by atoms with E-state index in [1.165, 1.54) is 11.0 Å². The number of likely N-dealkylation sites (tertiary alicyclic amines) is 1. The summed E-state index contributed by atoms with van der Waals surface area (Å²) < 4.78 is 38.0. The first-order chi connectivity index (χ1) is 13.3. The number of carbonyl (C=O) groups excluding carboxylic acids is 2. The van der Waals surface area contributed by atoms with Crippen molar-refractivity contribution in [3.8, 4) is 0 Å². The molecule has 0 aromatic carbocycles. The number of fused-ring (bicyclic) bond motifs is 1. The van der Waals surface area contributed by atoms with Crippen molar-refractivity contribution in [2.24, 2.45) is 11.8 Å². The second-order valence-electron chi connectivity index (χ2n) is 7.75. The molecule has 1 aliphatic carbocycles. The maximum Gasteiger partial charge on any atom is 0.417 e. The van der Waals surface area contributed by atoms with E-state index in [-0.39, 0.29) is 23.7 Å². The number of halogens is 3. The van der Waals surface area contributed by atoms with E-state index < -0.39 is 11.7 Å². The maximum atomic E-state index is 12.7. The molecule has 1 aromatic heterocycles. The second-order valence-corrected chi connectivity index (χ2v) is 7.75. The highest BCUT2D eigenvalue weighted by Gasteiger charge is 2.48. The van der Waals surface area contributed by atoms with Crippen molar-refractivity contribution in [1.82, 2.24) is 14.8 Å². The summed E-state index contributed by atoms with van der Waals surface area (Å²) in [7, 11) is 0. The van der Waals surface area contributed by atoms with E-state index in [1.54, 1.807) is 0 Å². The number of alkyl halides is 3. The first kappa shape index (κ1) is 19.2. The number of aromatic nitrogens is 1. The first-order valence-corrected chi connectivity index (χ1v) is 9.70. The molecule has 0 N–H and O–H groups in total. The Morgan fingerprint density at radius 2 is 1.57 bits per heavy atom. The SMILES string of the molecule is O=C1[C@H]2CCCC[C@H]2C(=O)N1CN1CCN(c2ccc(C(F)(F)F)cn2)CC1. The number of amides is 2. The molecule has 3 fully saturated rings. The Balaban J connectivity index is 1.33. The van der Waals surface area contributed by atoms with Gasteiger partial charge < -0.3 is 4.90 Å². The summed E-state index contributed by atoms with van der Waals surface area (Å²) >= 11 is 0. The molecule has 1 aromatic rings. The third-order valence-electron chi connectivity index (χ3n) is 6.05. The van der Waals surface area contributed by atoms with Crippen LogP contribution in [0.4, 0.5) is 19.0 Å². The third-order valence-corrected chi connectivity index (χ3v) is 6.05. The van der Waals surface area contributed by atoms with E-state index in [0.29, 0.717) is 38.7 Å². The molecule has 0 spiro atoms. The van der Waals surface area contributed by atoms with Crippen LogP contribution >= 0.6 is 0 Å². The van der Waals surface area contributed by atoms with Crippen LogP contribution in [0.1, 0.15) is 31.2 Å². The van der Waals surface area contributed by atoms with E-state index in [4.69, 9.17) is 0 Å². The number of nitrogens with zero attached hydrogens (tertiary/aromatic N) is 4. The van der Waals surface area contributed by atoms with Gasteiger partial charge in [-0.05, 0) is 25.0 Å². The monoisotopic (exact) mass is 396 g/mol. The summed E-state index contributed by atoms with van der Waals surface area (Å²) in [5.41, 5.74) is -0.762. The molecule has 28 heavy (non-hydrogen) atoms. The number of rotatable bonds is 3. The zero-order chi connectivity index (χ0) is 19.9. The first-order valence-electron chi connectivity index (χ1n) is 9.70. The Hall–Kier alpha value is -2.16. The van der Waals surface area contributed by atoms with Crippen LogP contribution in [-0.2, 0) is 15.8 Å². The molecule has 9 heteroatoms. The molecule has 4 rings (SSSR count). The van der Waals surface area contributed by atoms with Crippen LogP contribution < -0.4 is 4.90 Å². The van der Waals surface area contributed by atoms with Gasteiger partial charge >= 0.3 is 6.18 Å². The fraction of sp³-hybridized carbons (Fsp3) is 0.632. The minimum absolute atomic E-state index is 0.0402. The van der Waals surface area contributed by atoms with Crippen molar-refractivity contribution >= 4 is 17.6 Å². The smallest absolute Gasteiger partial charge is 0.354 e. The quantitative estimate of drug-likeness (QED) is 0.735. The van der Waals surface area contributed by atoms with Crippen LogP contribution in [0.25, 0.3) is 0 Å². The van der Waals surface area contributed by atoms with E-state index in [9.17, 15) is 22.8 Å².